The van der Waals surface area contributed by atoms with Crippen LogP contribution in [0.2, 0.25) is 0 Å². The molecule has 0 unspecified atom stereocenters. The number of para-hydroxylation sites is 1. The van der Waals surface area contributed by atoms with Crippen LogP contribution in [0, 0.1) is 3.70 Å². The monoisotopic (exact) mass is 339 g/mol. The minimum atomic E-state index is -0.128. The lowest BCUT2D eigenvalue weighted by Gasteiger charge is -2.06. The summed E-state index contributed by atoms with van der Waals surface area (Å²) in [7, 11) is 3.76. The number of nitrogens with zero attached hydrogens (tertiary/aromatic N) is 2. The van der Waals surface area contributed by atoms with Crippen LogP contribution in [-0.2, 0) is 7.05 Å². The number of carbonyl (C=O) groups excluding carboxylic acids is 1. The molecule has 1 amide bonds. The number of nitrogens with one attached hydrogen (secondary N) is 1. The van der Waals surface area contributed by atoms with Crippen LogP contribution in [0.3, 0.4) is 0 Å². The van der Waals surface area contributed by atoms with Crippen LogP contribution >= 0.6 is 22.6 Å². The molecule has 1 heterocycles. The summed E-state index contributed by atoms with van der Waals surface area (Å²) < 4.78 is 2.34. The van der Waals surface area contributed by atoms with Crippen molar-refractivity contribution in [3.8, 4) is 0 Å². The molecule has 17 heavy (non-hydrogen) atoms. The molecule has 0 radical (unpaired) electrons. The third-order valence-corrected chi connectivity index (χ3v) is 3.22. The van der Waals surface area contributed by atoms with Crippen molar-refractivity contribution in [2.75, 3.05) is 5.32 Å². The van der Waals surface area contributed by atoms with E-state index in [9.17, 15) is 4.79 Å². The summed E-state index contributed by atoms with van der Waals surface area (Å²) >= 11 is 2.06. The molecule has 2 aromatic rings. The van der Waals surface area contributed by atoms with Crippen molar-refractivity contribution >= 4 is 47.5 Å². The minimum Gasteiger partial charge on any atom is -0.322 e. The summed E-state index contributed by atoms with van der Waals surface area (Å²) in [4.78, 5) is 12.0. The number of aryl methyl sites for hydroxylation is 1. The van der Waals surface area contributed by atoms with Crippen molar-refractivity contribution < 1.29 is 4.79 Å². The second-order valence-electron chi connectivity index (χ2n) is 3.78. The van der Waals surface area contributed by atoms with E-state index in [4.69, 9.17) is 0 Å². The number of rotatable bonds is 2. The predicted molar refractivity (Wildman–Crippen MR) is 78.5 cm³/mol. The molecule has 1 aromatic carbocycles. The minimum absolute atomic E-state index is 0.128. The third-order valence-electron chi connectivity index (χ3n) is 2.42. The highest BCUT2D eigenvalue weighted by Gasteiger charge is 2.14. The second kappa shape index (κ2) is 4.91. The van der Waals surface area contributed by atoms with Crippen molar-refractivity contribution in [3.63, 3.8) is 0 Å². The summed E-state index contributed by atoms with van der Waals surface area (Å²) in [5.74, 6) is -0.128. The van der Waals surface area contributed by atoms with Crippen molar-refractivity contribution in [3.05, 3.63) is 39.7 Å². The zero-order valence-corrected chi connectivity index (χ0v) is 11.7. The summed E-state index contributed by atoms with van der Waals surface area (Å²) in [6, 6.07) is 7.69. The first kappa shape index (κ1) is 12.2. The van der Waals surface area contributed by atoms with Crippen LogP contribution in [0.4, 0.5) is 5.69 Å². The number of hydrogen-bond donors (Lipinski definition) is 1. The molecule has 0 aliphatic rings. The maximum Gasteiger partial charge on any atom is 0.259 e. The molecule has 86 valence electrons. The predicted octanol–water partition coefficient (Wildman–Crippen LogP) is 0.535. The third kappa shape index (κ3) is 2.69. The summed E-state index contributed by atoms with van der Waals surface area (Å²) in [5.41, 5.74) is 2.47. The van der Waals surface area contributed by atoms with Gasteiger partial charge in [-0.3, -0.25) is 9.48 Å². The summed E-state index contributed by atoms with van der Waals surface area (Å²) in [6.07, 6.45) is 1.72. The number of benzene rings is 1. The lowest BCUT2D eigenvalue weighted by Crippen LogP contribution is -2.18. The topological polar surface area (TPSA) is 46.9 Å². The Balaban J connectivity index is 2.23. The van der Waals surface area contributed by atoms with Gasteiger partial charge in [0.05, 0.1) is 5.56 Å². The normalized spacial score (nSPS) is 10.2. The van der Waals surface area contributed by atoms with Gasteiger partial charge >= 0.3 is 0 Å². The number of carbonyl (C=O) groups is 1. The maximum absolute atomic E-state index is 12.0. The van der Waals surface area contributed by atoms with E-state index in [-0.39, 0.29) is 5.91 Å². The second-order valence-corrected chi connectivity index (χ2v) is 4.80. The first-order chi connectivity index (χ1) is 8.08. The first-order valence-corrected chi connectivity index (χ1v) is 6.22. The first-order valence-electron chi connectivity index (χ1n) is 5.14. The molecule has 0 aliphatic heterocycles. The SMILES string of the molecule is Bc1ccccc1NC(=O)c1cn(C)nc1I. The molecule has 0 saturated carbocycles. The Labute approximate surface area is 114 Å². The molecule has 0 saturated heterocycles. The van der Waals surface area contributed by atoms with E-state index in [0.29, 0.717) is 9.26 Å². The van der Waals surface area contributed by atoms with E-state index >= 15 is 0 Å². The lowest BCUT2D eigenvalue weighted by molar-refractivity contribution is 0.102. The van der Waals surface area contributed by atoms with Gasteiger partial charge in [0.25, 0.3) is 5.91 Å². The fourth-order valence-electron chi connectivity index (χ4n) is 1.52. The molecule has 0 spiro atoms. The highest BCUT2D eigenvalue weighted by molar-refractivity contribution is 14.1. The zero-order chi connectivity index (χ0) is 12.4. The van der Waals surface area contributed by atoms with E-state index in [0.717, 1.165) is 11.2 Å². The highest BCUT2D eigenvalue weighted by atomic mass is 127. The van der Waals surface area contributed by atoms with Gasteiger partial charge < -0.3 is 5.32 Å². The van der Waals surface area contributed by atoms with Crippen LogP contribution in [0.25, 0.3) is 0 Å². The molecule has 1 N–H and O–H groups in total. The molecular weight excluding hydrogens is 328 g/mol. The average molecular weight is 339 g/mol. The standard InChI is InChI=1S/C11H11BIN3O/c1-16-6-7(10(13)15-16)11(17)14-9-5-3-2-4-8(9)12/h2-6H,12H2,1H3,(H,14,17). The number of aromatic nitrogens is 2. The average Bonchev–Trinajstić information content (AvgIpc) is 2.61. The smallest absolute Gasteiger partial charge is 0.259 e. The van der Waals surface area contributed by atoms with Gasteiger partial charge in [0, 0.05) is 18.9 Å². The van der Waals surface area contributed by atoms with E-state index in [1.54, 1.807) is 17.9 Å². The van der Waals surface area contributed by atoms with Crippen molar-refractivity contribution in [1.82, 2.24) is 9.78 Å². The van der Waals surface area contributed by atoms with Gasteiger partial charge in [0.15, 0.2) is 0 Å². The van der Waals surface area contributed by atoms with E-state index in [1.807, 2.05) is 32.1 Å². The Morgan fingerprint density at radius 2 is 2.18 bits per heavy atom. The summed E-state index contributed by atoms with van der Waals surface area (Å²) in [6.45, 7) is 0. The van der Waals surface area contributed by atoms with E-state index in [1.165, 1.54) is 0 Å². The van der Waals surface area contributed by atoms with Crippen molar-refractivity contribution in [2.24, 2.45) is 7.05 Å². The molecular formula is C11H11BIN3O. The highest BCUT2D eigenvalue weighted by Crippen LogP contribution is 2.11. The van der Waals surface area contributed by atoms with Crippen LogP contribution in [-0.4, -0.2) is 23.5 Å². The summed E-state index contributed by atoms with van der Waals surface area (Å²) in [5, 5.41) is 7.02. The lowest BCUT2D eigenvalue weighted by atomic mass is 9.94. The van der Waals surface area contributed by atoms with Gasteiger partial charge in [-0.1, -0.05) is 23.7 Å². The van der Waals surface area contributed by atoms with Gasteiger partial charge in [0.1, 0.15) is 11.5 Å². The van der Waals surface area contributed by atoms with Gasteiger partial charge in [0.2, 0.25) is 0 Å². The van der Waals surface area contributed by atoms with Crippen LogP contribution in [0.15, 0.2) is 30.5 Å². The largest absolute Gasteiger partial charge is 0.322 e. The fraction of sp³-hybridized carbons (Fsp3) is 0.0909. The number of anilines is 1. The Morgan fingerprint density at radius 3 is 2.76 bits per heavy atom. The van der Waals surface area contributed by atoms with E-state index in [2.05, 4.69) is 33.0 Å². The Kier molecular flexibility index (Phi) is 3.51. The molecule has 4 nitrogen and oxygen atoms in total. The Bertz CT molecular complexity index is 568. The van der Waals surface area contributed by atoms with Gasteiger partial charge in [-0.2, -0.15) is 5.10 Å². The van der Waals surface area contributed by atoms with Gasteiger partial charge in [-0.05, 0) is 28.7 Å². The molecule has 1 aromatic heterocycles. The Hall–Kier alpha value is -1.31. The van der Waals surface area contributed by atoms with Gasteiger partial charge in [-0.25, -0.2) is 0 Å². The maximum atomic E-state index is 12.0. The van der Waals surface area contributed by atoms with Crippen LogP contribution in [0.1, 0.15) is 10.4 Å². The zero-order valence-electron chi connectivity index (χ0n) is 9.57. The number of hydrogen-bond acceptors (Lipinski definition) is 2. The molecule has 0 aliphatic carbocycles. The molecule has 6 heteroatoms. The molecule has 0 atom stereocenters. The molecule has 0 bridgehead atoms. The van der Waals surface area contributed by atoms with Crippen LogP contribution < -0.4 is 10.8 Å². The Morgan fingerprint density at radius 1 is 1.47 bits per heavy atom. The number of amides is 1. The van der Waals surface area contributed by atoms with Crippen molar-refractivity contribution in [1.29, 1.82) is 0 Å². The van der Waals surface area contributed by atoms with Gasteiger partial charge in [-0.15, -0.1) is 0 Å². The fourth-order valence-corrected chi connectivity index (χ4v) is 2.24. The molecule has 2 rings (SSSR count). The van der Waals surface area contributed by atoms with E-state index < -0.39 is 0 Å². The van der Waals surface area contributed by atoms with Crippen LogP contribution in [0.5, 0.6) is 0 Å². The number of halogens is 1. The van der Waals surface area contributed by atoms with Crippen molar-refractivity contribution in [2.45, 2.75) is 0 Å². The quantitative estimate of drug-likeness (QED) is 0.641. The molecule has 0 fully saturated rings.